The molecule has 5 rings (SSSR count). The molecule has 2 atom stereocenters. The van der Waals surface area contributed by atoms with Gasteiger partial charge in [-0.05, 0) is 86.8 Å². The number of rotatable bonds is 4. The number of aryl methyl sites for hydroxylation is 1. The molecule has 3 aromatic rings. The molecule has 4 heterocycles. The van der Waals surface area contributed by atoms with Crippen LogP contribution in [-0.2, 0) is 7.05 Å². The first-order valence-electron chi connectivity index (χ1n) is 12.0. The fourth-order valence-corrected chi connectivity index (χ4v) is 5.92. The molecule has 0 aliphatic carbocycles. The van der Waals surface area contributed by atoms with Gasteiger partial charge in [-0.15, -0.1) is 0 Å². The van der Waals surface area contributed by atoms with Crippen LogP contribution in [-0.4, -0.2) is 27.8 Å². The third-order valence-electron chi connectivity index (χ3n) is 7.56. The maximum absolute atomic E-state index is 6.88. The van der Waals surface area contributed by atoms with Crippen LogP contribution in [0.1, 0.15) is 54.5 Å². The number of nitrogens with one attached hydrogen (secondary N) is 1. The normalized spacial score (nSPS) is 21.3. The number of pyridine rings is 1. The molecule has 2 saturated heterocycles. The first-order valence-corrected chi connectivity index (χ1v) is 12.8. The van der Waals surface area contributed by atoms with E-state index in [0.717, 1.165) is 41.1 Å². The Kier molecular flexibility index (Phi) is 6.30. The minimum absolute atomic E-state index is 0.0277. The van der Waals surface area contributed by atoms with Crippen LogP contribution >= 0.6 is 23.8 Å². The van der Waals surface area contributed by atoms with Gasteiger partial charge in [-0.3, -0.25) is 4.98 Å². The van der Waals surface area contributed by atoms with Gasteiger partial charge in [-0.25, -0.2) is 0 Å². The van der Waals surface area contributed by atoms with E-state index in [2.05, 4.69) is 82.8 Å². The maximum atomic E-state index is 6.88. The molecule has 2 aliphatic heterocycles. The minimum atomic E-state index is -0.0590. The zero-order chi connectivity index (χ0) is 24.0. The molecule has 0 amide bonds. The highest BCUT2D eigenvalue weighted by atomic mass is 35.5. The van der Waals surface area contributed by atoms with Crippen LogP contribution < -0.4 is 15.1 Å². The Morgan fingerprint density at radius 3 is 2.47 bits per heavy atom. The minimum Gasteiger partial charge on any atom is -0.370 e. The highest BCUT2D eigenvalue weighted by Crippen LogP contribution is 2.44. The van der Waals surface area contributed by atoms with Gasteiger partial charge >= 0.3 is 0 Å². The smallest absolute Gasteiger partial charge is 0.174 e. The predicted molar refractivity (Wildman–Crippen MR) is 145 cm³/mol. The molecule has 0 radical (unpaired) electrons. The average Bonchev–Trinajstić information content (AvgIpc) is 3.31. The number of aromatic nitrogens is 2. The van der Waals surface area contributed by atoms with E-state index >= 15 is 0 Å². The molecule has 2 aromatic heterocycles. The van der Waals surface area contributed by atoms with Gasteiger partial charge in [0.25, 0.3) is 0 Å². The largest absolute Gasteiger partial charge is 0.370 e. The second-order valence-electron chi connectivity index (χ2n) is 9.69. The molecule has 5 nitrogen and oxygen atoms in total. The van der Waals surface area contributed by atoms with E-state index in [9.17, 15) is 0 Å². The van der Waals surface area contributed by atoms with E-state index < -0.39 is 0 Å². The lowest BCUT2D eigenvalue weighted by atomic mass is 9.96. The van der Waals surface area contributed by atoms with Crippen LogP contribution in [0.3, 0.4) is 0 Å². The van der Waals surface area contributed by atoms with E-state index in [4.69, 9.17) is 23.8 Å². The van der Waals surface area contributed by atoms with Crippen LogP contribution in [0.4, 0.5) is 11.4 Å². The van der Waals surface area contributed by atoms with Crippen molar-refractivity contribution in [3.05, 3.63) is 76.3 Å². The van der Waals surface area contributed by atoms with Crippen molar-refractivity contribution < 1.29 is 0 Å². The average molecular weight is 494 g/mol. The Balaban J connectivity index is 1.55. The van der Waals surface area contributed by atoms with E-state index in [1.165, 1.54) is 29.8 Å². The molecule has 1 N–H and O–H groups in total. The first kappa shape index (κ1) is 23.2. The standard InChI is InChI=1S/C27H32ClN5S/c1-17-10-13-32(14-11-17)24-9-8-20(16-22(24)28)33-26(21-15-18(2)31(4)19(21)3)25(30-27(33)34)23-7-5-6-12-29-23/h5-9,12,15-17,25-26H,10-11,13-14H2,1-4H3,(H,30,34)/t25-,26-/m0/s1. The summed E-state index contributed by atoms with van der Waals surface area (Å²) in [6.07, 6.45) is 4.26. The van der Waals surface area contributed by atoms with Crippen molar-refractivity contribution in [1.82, 2.24) is 14.9 Å². The SMILES string of the molecule is Cc1cc([C@H]2[C@H](c3ccccn3)NC(=S)N2c2ccc(N3CCC(C)CC3)c(Cl)c2)c(C)n1C. The van der Waals surface area contributed by atoms with Crippen molar-refractivity contribution >= 4 is 40.3 Å². The van der Waals surface area contributed by atoms with Crippen molar-refractivity contribution in [1.29, 1.82) is 0 Å². The number of halogens is 1. The van der Waals surface area contributed by atoms with E-state index in [1.807, 2.05) is 18.3 Å². The van der Waals surface area contributed by atoms with Gasteiger partial charge in [0.2, 0.25) is 0 Å². The molecule has 0 unspecified atom stereocenters. The quantitative estimate of drug-likeness (QED) is 0.444. The van der Waals surface area contributed by atoms with Crippen LogP contribution in [0.25, 0.3) is 0 Å². The van der Waals surface area contributed by atoms with Crippen LogP contribution in [0.15, 0.2) is 48.7 Å². The lowest BCUT2D eigenvalue weighted by molar-refractivity contribution is 0.438. The zero-order valence-corrected chi connectivity index (χ0v) is 21.8. The van der Waals surface area contributed by atoms with Gasteiger partial charge in [0, 0.05) is 43.4 Å². The predicted octanol–water partition coefficient (Wildman–Crippen LogP) is 6.10. The summed E-state index contributed by atoms with van der Waals surface area (Å²) in [5.41, 5.74) is 6.78. The first-order chi connectivity index (χ1) is 16.3. The van der Waals surface area contributed by atoms with Crippen molar-refractivity contribution in [2.45, 2.75) is 45.7 Å². The molecule has 2 aliphatic rings. The van der Waals surface area contributed by atoms with Gasteiger partial charge in [-0.2, -0.15) is 0 Å². The summed E-state index contributed by atoms with van der Waals surface area (Å²) >= 11 is 12.8. The topological polar surface area (TPSA) is 36.3 Å². The Morgan fingerprint density at radius 2 is 1.85 bits per heavy atom. The summed E-state index contributed by atoms with van der Waals surface area (Å²) in [7, 11) is 2.11. The number of hydrogen-bond acceptors (Lipinski definition) is 3. The second kappa shape index (κ2) is 9.23. The van der Waals surface area contributed by atoms with Crippen molar-refractivity contribution in [2.75, 3.05) is 22.9 Å². The molecule has 0 spiro atoms. The molecule has 0 bridgehead atoms. The zero-order valence-electron chi connectivity index (χ0n) is 20.3. The van der Waals surface area contributed by atoms with E-state index in [0.29, 0.717) is 5.11 Å². The molecule has 2 fully saturated rings. The van der Waals surface area contributed by atoms with Crippen molar-refractivity contribution in [2.24, 2.45) is 13.0 Å². The second-order valence-corrected chi connectivity index (χ2v) is 10.5. The summed E-state index contributed by atoms with van der Waals surface area (Å²) < 4.78 is 2.23. The maximum Gasteiger partial charge on any atom is 0.174 e. The molecule has 7 heteroatoms. The van der Waals surface area contributed by atoms with E-state index in [-0.39, 0.29) is 12.1 Å². The summed E-state index contributed by atoms with van der Waals surface area (Å²) in [6.45, 7) is 8.75. The molecule has 1 aromatic carbocycles. The van der Waals surface area contributed by atoms with Gasteiger partial charge in [0.15, 0.2) is 5.11 Å². The molecular weight excluding hydrogens is 462 g/mol. The molecule has 34 heavy (non-hydrogen) atoms. The number of thiocarbonyl (C=S) groups is 1. The Hall–Kier alpha value is -2.57. The number of benzene rings is 1. The monoisotopic (exact) mass is 493 g/mol. The summed E-state index contributed by atoms with van der Waals surface area (Å²) in [4.78, 5) is 9.29. The highest BCUT2D eigenvalue weighted by molar-refractivity contribution is 7.80. The Bertz CT molecular complexity index is 1200. The lowest BCUT2D eigenvalue weighted by Gasteiger charge is -2.33. The fourth-order valence-electron chi connectivity index (χ4n) is 5.28. The van der Waals surface area contributed by atoms with Crippen LogP contribution in [0.2, 0.25) is 5.02 Å². The third kappa shape index (κ3) is 4.07. The van der Waals surface area contributed by atoms with Gasteiger partial charge in [0.1, 0.15) is 0 Å². The fraction of sp³-hybridized carbons (Fsp3) is 0.407. The highest BCUT2D eigenvalue weighted by Gasteiger charge is 2.42. The number of anilines is 2. The van der Waals surface area contributed by atoms with Gasteiger partial charge < -0.3 is 19.7 Å². The number of piperidine rings is 1. The van der Waals surface area contributed by atoms with Gasteiger partial charge in [-0.1, -0.05) is 24.6 Å². The summed E-state index contributed by atoms with van der Waals surface area (Å²) in [5.74, 6) is 0.782. The number of nitrogens with zero attached hydrogens (tertiary/aromatic N) is 4. The number of hydrogen-bond donors (Lipinski definition) is 1. The summed E-state index contributed by atoms with van der Waals surface area (Å²) in [6, 6.07) is 14.6. The Labute approximate surface area is 212 Å². The van der Waals surface area contributed by atoms with Crippen molar-refractivity contribution in [3.8, 4) is 0 Å². The summed E-state index contributed by atoms with van der Waals surface area (Å²) in [5, 5.41) is 5.02. The van der Waals surface area contributed by atoms with Crippen LogP contribution in [0, 0.1) is 19.8 Å². The van der Waals surface area contributed by atoms with Gasteiger partial charge in [0.05, 0.1) is 28.5 Å². The Morgan fingerprint density at radius 1 is 1.09 bits per heavy atom. The molecule has 0 saturated carbocycles. The third-order valence-corrected chi connectivity index (χ3v) is 8.18. The lowest BCUT2D eigenvalue weighted by Crippen LogP contribution is -2.33. The van der Waals surface area contributed by atoms with Crippen LogP contribution in [0.5, 0.6) is 0 Å². The molecular formula is C27H32ClN5S. The molecule has 178 valence electrons. The van der Waals surface area contributed by atoms with Crippen molar-refractivity contribution in [3.63, 3.8) is 0 Å². The van der Waals surface area contributed by atoms with E-state index in [1.54, 1.807) is 0 Å².